The van der Waals surface area contributed by atoms with Crippen LogP contribution in [0.25, 0.3) is 17.2 Å². The van der Waals surface area contributed by atoms with Gasteiger partial charge in [0.15, 0.2) is 0 Å². The second kappa shape index (κ2) is 7.76. The Kier molecular flexibility index (Phi) is 5.73. The maximum atomic E-state index is 14.1. The average Bonchev–Trinajstić information content (AvgIpc) is 2.49. The highest BCUT2D eigenvalue weighted by molar-refractivity contribution is 5.66. The summed E-state index contributed by atoms with van der Waals surface area (Å²) in [7, 11) is 0. The smallest absolute Gasteiger partial charge is 0.131 e. The third kappa shape index (κ3) is 4.71. The molecule has 1 atom stereocenters. The van der Waals surface area contributed by atoms with Crippen molar-refractivity contribution in [2.45, 2.75) is 32.3 Å². The van der Waals surface area contributed by atoms with Crippen LogP contribution in [0.4, 0.5) is 4.39 Å². The van der Waals surface area contributed by atoms with Gasteiger partial charge in [-0.3, -0.25) is 0 Å². The van der Waals surface area contributed by atoms with Crippen LogP contribution >= 0.6 is 0 Å². The summed E-state index contributed by atoms with van der Waals surface area (Å²) in [5.74, 6) is -0.0710. The predicted octanol–water partition coefficient (Wildman–Crippen LogP) is 4.76. The van der Waals surface area contributed by atoms with Crippen LogP contribution in [0.2, 0.25) is 0 Å². The quantitative estimate of drug-likeness (QED) is 0.755. The minimum absolute atomic E-state index is 0.195. The first-order chi connectivity index (χ1) is 10.6. The number of rotatable bonds is 6. The second-order valence-electron chi connectivity index (χ2n) is 5.47. The molecule has 0 saturated heterocycles. The number of hydrogen-bond acceptors (Lipinski definition) is 2. The minimum atomic E-state index is -0.283. The van der Waals surface area contributed by atoms with Gasteiger partial charge in [-0.25, -0.2) is 4.39 Å². The molecule has 116 valence electrons. The lowest BCUT2D eigenvalue weighted by Gasteiger charge is -2.04. The van der Waals surface area contributed by atoms with Crippen LogP contribution in [-0.2, 0) is 0 Å². The normalized spacial score (nSPS) is 12.7. The average molecular weight is 300 g/mol. The van der Waals surface area contributed by atoms with E-state index in [9.17, 15) is 9.50 Å². The van der Waals surface area contributed by atoms with Crippen molar-refractivity contribution >= 4 is 6.08 Å². The number of aliphatic hydroxyl groups excluding tert-OH is 1. The van der Waals surface area contributed by atoms with Crippen molar-refractivity contribution in [3.63, 3.8) is 0 Å². The second-order valence-corrected chi connectivity index (χ2v) is 5.47. The standard InChI is InChI=1S/C19H21FO2/c1-14(21)5-3-2-4-6-16-7-8-17(13-19(16)20)15-9-11-18(22)12-10-15/h4,6-14,21-22H,2-3,5H2,1H3/b6-4+. The first-order valence-corrected chi connectivity index (χ1v) is 7.50. The molecule has 1 unspecified atom stereocenters. The largest absolute Gasteiger partial charge is 0.508 e. The first-order valence-electron chi connectivity index (χ1n) is 7.50. The van der Waals surface area contributed by atoms with Crippen LogP contribution in [-0.4, -0.2) is 16.3 Å². The summed E-state index contributed by atoms with van der Waals surface area (Å²) >= 11 is 0. The van der Waals surface area contributed by atoms with Crippen molar-refractivity contribution < 1.29 is 14.6 Å². The fraction of sp³-hybridized carbons (Fsp3) is 0.263. The van der Waals surface area contributed by atoms with E-state index in [-0.39, 0.29) is 17.7 Å². The fourth-order valence-electron chi connectivity index (χ4n) is 2.24. The Hall–Kier alpha value is -2.13. The summed E-state index contributed by atoms with van der Waals surface area (Å²) < 4.78 is 14.1. The van der Waals surface area contributed by atoms with E-state index in [0.29, 0.717) is 5.56 Å². The molecule has 2 aromatic carbocycles. The van der Waals surface area contributed by atoms with Crippen molar-refractivity contribution in [3.8, 4) is 16.9 Å². The molecule has 0 fully saturated rings. The molecule has 2 N–H and O–H groups in total. The van der Waals surface area contributed by atoms with Crippen molar-refractivity contribution in [1.82, 2.24) is 0 Å². The Morgan fingerprint density at radius 2 is 1.77 bits per heavy atom. The molecular weight excluding hydrogens is 279 g/mol. The Morgan fingerprint density at radius 1 is 1.09 bits per heavy atom. The number of aromatic hydroxyl groups is 1. The van der Waals surface area contributed by atoms with Gasteiger partial charge < -0.3 is 10.2 Å². The number of hydrogen-bond donors (Lipinski definition) is 2. The summed E-state index contributed by atoms with van der Waals surface area (Å²) in [6.07, 6.45) is 5.89. The van der Waals surface area contributed by atoms with Gasteiger partial charge >= 0.3 is 0 Å². The fourth-order valence-corrected chi connectivity index (χ4v) is 2.24. The topological polar surface area (TPSA) is 40.5 Å². The van der Waals surface area contributed by atoms with E-state index in [1.54, 1.807) is 43.3 Å². The molecule has 0 saturated carbocycles. The molecule has 3 heteroatoms. The van der Waals surface area contributed by atoms with E-state index in [1.165, 1.54) is 6.07 Å². The third-order valence-electron chi connectivity index (χ3n) is 3.49. The van der Waals surface area contributed by atoms with Crippen LogP contribution < -0.4 is 0 Å². The van der Waals surface area contributed by atoms with Crippen LogP contribution in [0.15, 0.2) is 48.5 Å². The number of benzene rings is 2. The molecule has 2 aromatic rings. The Balaban J connectivity index is 2.03. The molecular formula is C19H21FO2. The molecule has 0 heterocycles. The summed E-state index contributed by atoms with van der Waals surface area (Å²) in [6, 6.07) is 11.8. The van der Waals surface area contributed by atoms with Gasteiger partial charge in [0.25, 0.3) is 0 Å². The monoisotopic (exact) mass is 300 g/mol. The van der Waals surface area contributed by atoms with E-state index in [2.05, 4.69) is 0 Å². The van der Waals surface area contributed by atoms with Crippen LogP contribution in [0.5, 0.6) is 5.75 Å². The Bertz CT molecular complexity index is 630. The Morgan fingerprint density at radius 3 is 2.41 bits per heavy atom. The Labute approximate surface area is 130 Å². The summed E-state index contributed by atoms with van der Waals surface area (Å²) in [5, 5.41) is 18.4. The highest BCUT2D eigenvalue weighted by Gasteiger charge is 2.03. The van der Waals surface area contributed by atoms with E-state index >= 15 is 0 Å². The van der Waals surface area contributed by atoms with E-state index in [0.717, 1.165) is 30.4 Å². The molecule has 2 rings (SSSR count). The molecule has 0 amide bonds. The highest BCUT2D eigenvalue weighted by atomic mass is 19.1. The molecule has 0 radical (unpaired) electrons. The van der Waals surface area contributed by atoms with Crippen molar-refractivity contribution in [3.05, 3.63) is 59.9 Å². The molecule has 0 bridgehead atoms. The molecule has 0 aromatic heterocycles. The van der Waals surface area contributed by atoms with Gasteiger partial charge in [0.05, 0.1) is 6.10 Å². The number of phenolic OH excluding ortho intramolecular Hbond substituents is 1. The number of unbranched alkanes of at least 4 members (excludes halogenated alkanes) is 1. The van der Waals surface area contributed by atoms with Gasteiger partial charge in [-0.15, -0.1) is 0 Å². The van der Waals surface area contributed by atoms with Gasteiger partial charge in [0, 0.05) is 5.56 Å². The van der Waals surface area contributed by atoms with Crippen molar-refractivity contribution in [2.75, 3.05) is 0 Å². The molecule has 22 heavy (non-hydrogen) atoms. The van der Waals surface area contributed by atoms with Gasteiger partial charge in [0.1, 0.15) is 11.6 Å². The zero-order valence-corrected chi connectivity index (χ0v) is 12.7. The molecule has 2 nitrogen and oxygen atoms in total. The van der Waals surface area contributed by atoms with Gasteiger partial charge in [-0.05, 0) is 55.5 Å². The lowest BCUT2D eigenvalue weighted by atomic mass is 10.0. The lowest BCUT2D eigenvalue weighted by Crippen LogP contribution is -1.97. The van der Waals surface area contributed by atoms with Crippen LogP contribution in [0.1, 0.15) is 31.7 Å². The molecule has 0 spiro atoms. The first kappa shape index (κ1) is 16.2. The zero-order chi connectivity index (χ0) is 15.9. The number of allylic oxidation sites excluding steroid dienone is 1. The van der Waals surface area contributed by atoms with Crippen LogP contribution in [0, 0.1) is 5.82 Å². The predicted molar refractivity (Wildman–Crippen MR) is 88.1 cm³/mol. The summed E-state index contributed by atoms with van der Waals surface area (Å²) in [4.78, 5) is 0. The maximum Gasteiger partial charge on any atom is 0.131 e. The number of aliphatic hydroxyl groups is 1. The molecule has 0 aliphatic rings. The van der Waals surface area contributed by atoms with E-state index in [4.69, 9.17) is 5.11 Å². The van der Waals surface area contributed by atoms with E-state index in [1.807, 2.05) is 12.1 Å². The van der Waals surface area contributed by atoms with Gasteiger partial charge in [-0.1, -0.05) is 36.4 Å². The molecule has 0 aliphatic heterocycles. The maximum absolute atomic E-state index is 14.1. The van der Waals surface area contributed by atoms with Crippen LogP contribution in [0.3, 0.4) is 0 Å². The molecule has 0 aliphatic carbocycles. The number of phenols is 1. The lowest BCUT2D eigenvalue weighted by molar-refractivity contribution is 0.182. The summed E-state index contributed by atoms with van der Waals surface area (Å²) in [5.41, 5.74) is 2.20. The third-order valence-corrected chi connectivity index (χ3v) is 3.49. The SMILES string of the molecule is CC(O)CCC/C=C/c1ccc(-c2ccc(O)cc2)cc1F. The van der Waals surface area contributed by atoms with Crippen molar-refractivity contribution in [2.24, 2.45) is 0 Å². The minimum Gasteiger partial charge on any atom is -0.508 e. The van der Waals surface area contributed by atoms with Crippen molar-refractivity contribution in [1.29, 1.82) is 0 Å². The zero-order valence-electron chi connectivity index (χ0n) is 12.7. The number of halogens is 1. The van der Waals surface area contributed by atoms with Gasteiger partial charge in [0.2, 0.25) is 0 Å². The highest BCUT2D eigenvalue weighted by Crippen LogP contribution is 2.24. The summed E-state index contributed by atoms with van der Waals surface area (Å²) in [6.45, 7) is 1.77. The van der Waals surface area contributed by atoms with E-state index < -0.39 is 0 Å². The van der Waals surface area contributed by atoms with Gasteiger partial charge in [-0.2, -0.15) is 0 Å².